The predicted octanol–water partition coefficient (Wildman–Crippen LogP) is 4.57. The molecule has 2 rings (SSSR count). The highest BCUT2D eigenvalue weighted by Crippen LogP contribution is 2.43. The fourth-order valence-corrected chi connectivity index (χ4v) is 3.54. The van der Waals surface area contributed by atoms with E-state index in [1.807, 2.05) is 0 Å². The molecule has 2 heteroatoms. The number of aryl methyl sites for hydroxylation is 1. The molecule has 0 spiro atoms. The molecule has 1 unspecified atom stereocenters. The number of nitrogens with one attached hydrogen (secondary N) is 1. The maximum absolute atomic E-state index is 12.2. The summed E-state index contributed by atoms with van der Waals surface area (Å²) in [4.78, 5) is 12.2. The molecule has 0 radical (unpaired) electrons. The summed E-state index contributed by atoms with van der Waals surface area (Å²) in [5, 5.41) is 3.02. The largest absolute Gasteiger partial charge is 0.352 e. The van der Waals surface area contributed by atoms with Gasteiger partial charge in [0.1, 0.15) is 0 Å². The normalized spacial score (nSPS) is 20.8. The number of rotatable bonds is 7. The molecule has 0 fully saturated rings. The van der Waals surface area contributed by atoms with Crippen LogP contribution >= 0.6 is 0 Å². The van der Waals surface area contributed by atoms with Crippen molar-refractivity contribution in [3.05, 3.63) is 47.0 Å². The fourth-order valence-electron chi connectivity index (χ4n) is 3.54. The van der Waals surface area contributed by atoms with E-state index in [0.717, 1.165) is 50.6 Å². The molecule has 1 aliphatic carbocycles. The number of amides is 1. The van der Waals surface area contributed by atoms with Crippen molar-refractivity contribution >= 4 is 5.91 Å². The Kier molecular flexibility index (Phi) is 5.82. The Balaban J connectivity index is 2.17. The Morgan fingerprint density at radius 2 is 2.00 bits per heavy atom. The Morgan fingerprint density at radius 1 is 1.23 bits per heavy atom. The first-order valence-electron chi connectivity index (χ1n) is 8.64. The number of allylic oxidation sites excluding steroid dienone is 1. The van der Waals surface area contributed by atoms with E-state index in [4.69, 9.17) is 0 Å². The standard InChI is InChI=1S/C20H29NO/c1-4-11-20(14-17-9-7-6-8-16(17)3)12-10-18(15-20)19(22)21-13-5-2/h6-9,15H,4-5,10-14H2,1-3H3,(H,21,22). The Hall–Kier alpha value is -1.57. The van der Waals surface area contributed by atoms with Gasteiger partial charge in [-0.25, -0.2) is 0 Å². The van der Waals surface area contributed by atoms with Crippen LogP contribution in [0, 0.1) is 12.3 Å². The molecule has 0 aliphatic heterocycles. The summed E-state index contributed by atoms with van der Waals surface area (Å²) in [6, 6.07) is 8.63. The summed E-state index contributed by atoms with van der Waals surface area (Å²) in [6.45, 7) is 7.28. The van der Waals surface area contributed by atoms with Gasteiger partial charge in [-0.15, -0.1) is 0 Å². The summed E-state index contributed by atoms with van der Waals surface area (Å²) in [7, 11) is 0. The van der Waals surface area contributed by atoms with E-state index in [1.54, 1.807) is 0 Å². The zero-order chi connectivity index (χ0) is 16.0. The van der Waals surface area contributed by atoms with Gasteiger partial charge in [0, 0.05) is 12.1 Å². The molecule has 0 saturated carbocycles. The third kappa shape index (κ3) is 4.00. The van der Waals surface area contributed by atoms with E-state index in [9.17, 15) is 4.79 Å². The van der Waals surface area contributed by atoms with Crippen molar-refractivity contribution in [1.82, 2.24) is 5.32 Å². The van der Waals surface area contributed by atoms with Gasteiger partial charge < -0.3 is 5.32 Å². The van der Waals surface area contributed by atoms with Crippen LogP contribution in [0.5, 0.6) is 0 Å². The molecule has 120 valence electrons. The SMILES string of the molecule is CCCNC(=O)C1=CC(CCC)(Cc2ccccc2C)CC1. The molecular formula is C20H29NO. The lowest BCUT2D eigenvalue weighted by Gasteiger charge is -2.28. The van der Waals surface area contributed by atoms with Crippen LogP contribution in [0.1, 0.15) is 57.1 Å². The fraction of sp³-hybridized carbons (Fsp3) is 0.550. The molecule has 0 bridgehead atoms. The first-order valence-corrected chi connectivity index (χ1v) is 8.64. The van der Waals surface area contributed by atoms with Crippen molar-refractivity contribution in [2.75, 3.05) is 6.54 Å². The van der Waals surface area contributed by atoms with E-state index in [2.05, 4.69) is 56.4 Å². The average molecular weight is 299 g/mol. The van der Waals surface area contributed by atoms with E-state index in [0.29, 0.717) is 0 Å². The van der Waals surface area contributed by atoms with Crippen LogP contribution in [0.2, 0.25) is 0 Å². The van der Waals surface area contributed by atoms with Crippen LogP contribution in [0.15, 0.2) is 35.9 Å². The minimum atomic E-state index is 0.143. The highest BCUT2D eigenvalue weighted by atomic mass is 16.1. The first kappa shape index (κ1) is 16.8. The summed E-state index contributed by atoms with van der Waals surface area (Å²) < 4.78 is 0. The topological polar surface area (TPSA) is 29.1 Å². The summed E-state index contributed by atoms with van der Waals surface area (Å²) >= 11 is 0. The highest BCUT2D eigenvalue weighted by Gasteiger charge is 2.34. The molecule has 1 aromatic carbocycles. The molecule has 1 aliphatic rings. The second-order valence-electron chi connectivity index (χ2n) is 6.64. The van der Waals surface area contributed by atoms with Crippen molar-refractivity contribution in [2.45, 2.75) is 59.3 Å². The molecule has 0 aromatic heterocycles. The van der Waals surface area contributed by atoms with Gasteiger partial charge in [-0.05, 0) is 55.6 Å². The van der Waals surface area contributed by atoms with Gasteiger partial charge in [0.15, 0.2) is 0 Å². The smallest absolute Gasteiger partial charge is 0.246 e. The van der Waals surface area contributed by atoms with Gasteiger partial charge in [-0.3, -0.25) is 4.79 Å². The Morgan fingerprint density at radius 3 is 2.68 bits per heavy atom. The highest BCUT2D eigenvalue weighted by molar-refractivity contribution is 5.94. The van der Waals surface area contributed by atoms with Crippen LogP contribution in [0.3, 0.4) is 0 Å². The Bertz CT molecular complexity index is 546. The van der Waals surface area contributed by atoms with Gasteiger partial charge in [0.05, 0.1) is 0 Å². The maximum Gasteiger partial charge on any atom is 0.246 e. The minimum Gasteiger partial charge on any atom is -0.352 e. The minimum absolute atomic E-state index is 0.143. The first-order chi connectivity index (χ1) is 10.6. The summed E-state index contributed by atoms with van der Waals surface area (Å²) in [5.41, 5.74) is 3.94. The van der Waals surface area contributed by atoms with Crippen LogP contribution < -0.4 is 5.32 Å². The molecule has 1 atom stereocenters. The van der Waals surface area contributed by atoms with Gasteiger partial charge >= 0.3 is 0 Å². The lowest BCUT2D eigenvalue weighted by Crippen LogP contribution is -2.25. The Labute approximate surface area is 135 Å². The van der Waals surface area contributed by atoms with Crippen LogP contribution in [-0.2, 0) is 11.2 Å². The van der Waals surface area contributed by atoms with Crippen LogP contribution in [0.4, 0.5) is 0 Å². The van der Waals surface area contributed by atoms with Gasteiger partial charge in [-0.1, -0.05) is 50.6 Å². The molecule has 22 heavy (non-hydrogen) atoms. The number of carbonyl (C=O) groups excluding carboxylic acids is 1. The molecule has 1 aromatic rings. The molecular weight excluding hydrogens is 270 g/mol. The quantitative estimate of drug-likeness (QED) is 0.785. The van der Waals surface area contributed by atoms with Crippen molar-refractivity contribution in [3.63, 3.8) is 0 Å². The second-order valence-corrected chi connectivity index (χ2v) is 6.64. The van der Waals surface area contributed by atoms with E-state index in [-0.39, 0.29) is 11.3 Å². The summed E-state index contributed by atoms with van der Waals surface area (Å²) in [6.07, 6.45) is 8.66. The molecule has 1 N–H and O–H groups in total. The van der Waals surface area contributed by atoms with Crippen molar-refractivity contribution in [1.29, 1.82) is 0 Å². The summed E-state index contributed by atoms with van der Waals surface area (Å²) in [5.74, 6) is 0.143. The number of carbonyl (C=O) groups is 1. The number of hydrogen-bond donors (Lipinski definition) is 1. The average Bonchev–Trinajstić information content (AvgIpc) is 2.92. The zero-order valence-corrected chi connectivity index (χ0v) is 14.2. The van der Waals surface area contributed by atoms with E-state index < -0.39 is 0 Å². The predicted molar refractivity (Wildman–Crippen MR) is 92.8 cm³/mol. The second kappa shape index (κ2) is 7.62. The lowest BCUT2D eigenvalue weighted by molar-refractivity contribution is -0.117. The lowest BCUT2D eigenvalue weighted by atomic mass is 9.77. The molecule has 1 amide bonds. The van der Waals surface area contributed by atoms with Crippen LogP contribution in [-0.4, -0.2) is 12.5 Å². The van der Waals surface area contributed by atoms with Gasteiger partial charge in [0.25, 0.3) is 0 Å². The van der Waals surface area contributed by atoms with Gasteiger partial charge in [0.2, 0.25) is 5.91 Å². The van der Waals surface area contributed by atoms with E-state index >= 15 is 0 Å². The molecule has 2 nitrogen and oxygen atoms in total. The van der Waals surface area contributed by atoms with Crippen molar-refractivity contribution in [2.24, 2.45) is 5.41 Å². The third-order valence-electron chi connectivity index (χ3n) is 4.75. The monoisotopic (exact) mass is 299 g/mol. The molecule has 0 heterocycles. The van der Waals surface area contributed by atoms with Gasteiger partial charge in [-0.2, -0.15) is 0 Å². The van der Waals surface area contributed by atoms with Crippen LogP contribution in [0.25, 0.3) is 0 Å². The number of hydrogen-bond acceptors (Lipinski definition) is 1. The maximum atomic E-state index is 12.2. The van der Waals surface area contributed by atoms with Crippen molar-refractivity contribution in [3.8, 4) is 0 Å². The zero-order valence-electron chi connectivity index (χ0n) is 14.2. The third-order valence-corrected chi connectivity index (χ3v) is 4.75. The van der Waals surface area contributed by atoms with Crippen molar-refractivity contribution < 1.29 is 4.79 Å². The number of benzene rings is 1. The van der Waals surface area contributed by atoms with E-state index in [1.165, 1.54) is 11.1 Å². The molecule has 0 saturated heterocycles.